The van der Waals surface area contributed by atoms with Crippen molar-refractivity contribution in [3.63, 3.8) is 0 Å². The summed E-state index contributed by atoms with van der Waals surface area (Å²) in [5, 5.41) is 3.20. The summed E-state index contributed by atoms with van der Waals surface area (Å²) in [5.74, 6) is 0. The molecule has 0 aromatic carbocycles. The van der Waals surface area contributed by atoms with Gasteiger partial charge in [-0.15, -0.1) is 6.58 Å². The van der Waals surface area contributed by atoms with Crippen LogP contribution in [0.5, 0.6) is 0 Å². The van der Waals surface area contributed by atoms with E-state index in [2.05, 4.69) is 21.9 Å². The van der Waals surface area contributed by atoms with E-state index in [1.54, 1.807) is 12.3 Å². The molecule has 4 nitrogen and oxygen atoms in total. The predicted octanol–water partition coefficient (Wildman–Crippen LogP) is 0.252. The average Bonchev–Trinajstić information content (AvgIpc) is 2.21. The molecule has 70 valence electrons. The van der Waals surface area contributed by atoms with Crippen LogP contribution in [0.4, 0.5) is 0 Å². The van der Waals surface area contributed by atoms with Crippen LogP contribution in [0.3, 0.4) is 0 Å². The molecule has 1 aromatic rings. The van der Waals surface area contributed by atoms with Gasteiger partial charge in [-0.2, -0.15) is 0 Å². The lowest BCUT2D eigenvalue weighted by atomic mass is 10.2. The number of aromatic nitrogens is 2. The highest BCUT2D eigenvalue weighted by atomic mass is 15.0. The molecule has 3 N–H and O–H groups in total. The third kappa shape index (κ3) is 2.93. The number of hydrogen-bond acceptors (Lipinski definition) is 4. The molecule has 0 saturated heterocycles. The Labute approximate surface area is 77.9 Å². The first kappa shape index (κ1) is 9.83. The highest BCUT2D eigenvalue weighted by molar-refractivity contribution is 5.05. The van der Waals surface area contributed by atoms with Crippen molar-refractivity contribution in [1.82, 2.24) is 15.3 Å². The van der Waals surface area contributed by atoms with E-state index < -0.39 is 0 Å². The molecule has 4 heteroatoms. The van der Waals surface area contributed by atoms with Crippen LogP contribution in [-0.2, 0) is 0 Å². The van der Waals surface area contributed by atoms with Crippen LogP contribution < -0.4 is 11.1 Å². The van der Waals surface area contributed by atoms with Gasteiger partial charge in [-0.1, -0.05) is 6.08 Å². The van der Waals surface area contributed by atoms with Crippen molar-refractivity contribution in [1.29, 1.82) is 0 Å². The summed E-state index contributed by atoms with van der Waals surface area (Å²) in [4.78, 5) is 7.96. The highest BCUT2D eigenvalue weighted by Crippen LogP contribution is 2.05. The second kappa shape index (κ2) is 5.40. The zero-order chi connectivity index (χ0) is 9.52. The van der Waals surface area contributed by atoms with Crippen molar-refractivity contribution >= 4 is 0 Å². The summed E-state index contributed by atoms with van der Waals surface area (Å²) < 4.78 is 0. The monoisotopic (exact) mass is 178 g/mol. The molecule has 0 amide bonds. The molecule has 0 aliphatic heterocycles. The Kier molecular flexibility index (Phi) is 4.08. The maximum Gasteiger partial charge on any atom is 0.115 e. The second-order valence-corrected chi connectivity index (χ2v) is 2.62. The third-order valence-electron chi connectivity index (χ3n) is 1.71. The standard InChI is InChI=1S/C9H14N4/c1-2-4-12-9(6-10)8-3-5-11-7-13-8/h2-3,5,7,9,12H,1,4,6,10H2. The number of rotatable bonds is 5. The number of nitrogens with two attached hydrogens (primary N) is 1. The lowest BCUT2D eigenvalue weighted by Crippen LogP contribution is -2.28. The van der Waals surface area contributed by atoms with Crippen LogP contribution in [0.1, 0.15) is 11.7 Å². The number of hydrogen-bond donors (Lipinski definition) is 2. The molecular formula is C9H14N4. The van der Waals surface area contributed by atoms with E-state index in [1.165, 1.54) is 6.33 Å². The van der Waals surface area contributed by atoms with E-state index >= 15 is 0 Å². The van der Waals surface area contributed by atoms with Crippen molar-refractivity contribution in [2.24, 2.45) is 5.73 Å². The summed E-state index contributed by atoms with van der Waals surface area (Å²) in [6, 6.07) is 1.94. The smallest absolute Gasteiger partial charge is 0.115 e. The van der Waals surface area contributed by atoms with Gasteiger partial charge < -0.3 is 11.1 Å². The Hall–Kier alpha value is -1.26. The normalized spacial score (nSPS) is 12.4. The van der Waals surface area contributed by atoms with Crippen LogP contribution in [0.2, 0.25) is 0 Å². The van der Waals surface area contributed by atoms with E-state index in [0.717, 1.165) is 12.2 Å². The summed E-state index contributed by atoms with van der Waals surface area (Å²) in [6.45, 7) is 4.87. The Morgan fingerprint density at radius 1 is 1.69 bits per heavy atom. The molecule has 1 rings (SSSR count). The van der Waals surface area contributed by atoms with Gasteiger partial charge >= 0.3 is 0 Å². The first-order valence-corrected chi connectivity index (χ1v) is 4.18. The third-order valence-corrected chi connectivity index (χ3v) is 1.71. The molecule has 0 aliphatic carbocycles. The lowest BCUT2D eigenvalue weighted by Gasteiger charge is -2.14. The highest BCUT2D eigenvalue weighted by Gasteiger charge is 2.07. The van der Waals surface area contributed by atoms with Gasteiger partial charge in [0.05, 0.1) is 11.7 Å². The molecule has 0 saturated carbocycles. The van der Waals surface area contributed by atoms with E-state index in [1.807, 2.05) is 6.07 Å². The molecule has 0 radical (unpaired) electrons. The largest absolute Gasteiger partial charge is 0.329 e. The number of nitrogens with zero attached hydrogens (tertiary/aromatic N) is 2. The van der Waals surface area contributed by atoms with Crippen LogP contribution in [0.15, 0.2) is 31.2 Å². The molecule has 0 spiro atoms. The first-order chi connectivity index (χ1) is 6.38. The van der Waals surface area contributed by atoms with Crippen molar-refractivity contribution in [2.45, 2.75) is 6.04 Å². The molecule has 13 heavy (non-hydrogen) atoms. The molecule has 0 aliphatic rings. The van der Waals surface area contributed by atoms with Gasteiger partial charge in [0.15, 0.2) is 0 Å². The Balaban J connectivity index is 2.61. The van der Waals surface area contributed by atoms with E-state index in [9.17, 15) is 0 Å². The zero-order valence-electron chi connectivity index (χ0n) is 7.48. The Bertz CT molecular complexity index is 247. The quantitative estimate of drug-likeness (QED) is 0.634. The van der Waals surface area contributed by atoms with Crippen LogP contribution >= 0.6 is 0 Å². The number of nitrogens with one attached hydrogen (secondary N) is 1. The molecular weight excluding hydrogens is 164 g/mol. The maximum absolute atomic E-state index is 5.59. The van der Waals surface area contributed by atoms with Gasteiger partial charge in [-0.25, -0.2) is 9.97 Å². The van der Waals surface area contributed by atoms with Gasteiger partial charge in [0, 0.05) is 19.3 Å². The fourth-order valence-corrected chi connectivity index (χ4v) is 1.04. The van der Waals surface area contributed by atoms with Gasteiger partial charge in [0.25, 0.3) is 0 Å². The molecule has 1 aromatic heterocycles. The lowest BCUT2D eigenvalue weighted by molar-refractivity contribution is 0.562. The van der Waals surface area contributed by atoms with Crippen LogP contribution in [0, 0.1) is 0 Å². The SMILES string of the molecule is C=CCNC(CN)c1ccncn1. The predicted molar refractivity (Wildman–Crippen MR) is 52.0 cm³/mol. The summed E-state index contributed by atoms with van der Waals surface area (Å²) >= 11 is 0. The van der Waals surface area contributed by atoms with Crippen molar-refractivity contribution in [3.8, 4) is 0 Å². The Morgan fingerprint density at radius 3 is 3.08 bits per heavy atom. The summed E-state index contributed by atoms with van der Waals surface area (Å²) in [6.07, 6.45) is 5.03. The van der Waals surface area contributed by atoms with Crippen molar-refractivity contribution < 1.29 is 0 Å². The fourth-order valence-electron chi connectivity index (χ4n) is 1.04. The van der Waals surface area contributed by atoms with E-state index in [4.69, 9.17) is 5.73 Å². The van der Waals surface area contributed by atoms with Crippen LogP contribution in [-0.4, -0.2) is 23.1 Å². The van der Waals surface area contributed by atoms with Crippen molar-refractivity contribution in [3.05, 3.63) is 36.9 Å². The summed E-state index contributed by atoms with van der Waals surface area (Å²) in [5.41, 5.74) is 6.50. The van der Waals surface area contributed by atoms with Gasteiger partial charge in [0.2, 0.25) is 0 Å². The fraction of sp³-hybridized carbons (Fsp3) is 0.333. The van der Waals surface area contributed by atoms with E-state index in [0.29, 0.717) is 6.54 Å². The zero-order valence-corrected chi connectivity index (χ0v) is 7.48. The minimum Gasteiger partial charge on any atom is -0.329 e. The molecule has 1 atom stereocenters. The topological polar surface area (TPSA) is 63.8 Å². The Morgan fingerprint density at radius 2 is 2.54 bits per heavy atom. The van der Waals surface area contributed by atoms with Crippen molar-refractivity contribution in [2.75, 3.05) is 13.1 Å². The molecule has 1 heterocycles. The van der Waals surface area contributed by atoms with E-state index in [-0.39, 0.29) is 6.04 Å². The second-order valence-electron chi connectivity index (χ2n) is 2.62. The van der Waals surface area contributed by atoms with Gasteiger partial charge in [0.1, 0.15) is 6.33 Å². The summed E-state index contributed by atoms with van der Waals surface area (Å²) in [7, 11) is 0. The minimum atomic E-state index is 0.0843. The van der Waals surface area contributed by atoms with Gasteiger partial charge in [-0.05, 0) is 6.07 Å². The molecule has 0 bridgehead atoms. The first-order valence-electron chi connectivity index (χ1n) is 4.18. The minimum absolute atomic E-state index is 0.0843. The van der Waals surface area contributed by atoms with Gasteiger partial charge in [-0.3, -0.25) is 0 Å². The maximum atomic E-state index is 5.59. The average molecular weight is 178 g/mol. The molecule has 0 fully saturated rings. The van der Waals surface area contributed by atoms with Crippen LogP contribution in [0.25, 0.3) is 0 Å². The molecule has 1 unspecified atom stereocenters.